The van der Waals surface area contributed by atoms with E-state index in [1.54, 1.807) is 0 Å². The molecule has 1 aromatic carbocycles. The number of likely N-dealkylation sites (tertiary alicyclic amines) is 1. The predicted molar refractivity (Wildman–Crippen MR) is 79.5 cm³/mol. The molecule has 2 atom stereocenters. The molecule has 2 rings (SSSR count). The summed E-state index contributed by atoms with van der Waals surface area (Å²) in [5.74, 6) is -0.139. The number of carboxylic acid groups (broad SMARTS) is 1. The summed E-state index contributed by atoms with van der Waals surface area (Å²) < 4.78 is 0. The Hall–Kier alpha value is -1.39. The summed E-state index contributed by atoms with van der Waals surface area (Å²) in [6.45, 7) is 4.92. The maximum absolute atomic E-state index is 10.9. The smallest absolute Gasteiger partial charge is 0.317 e. The SMILES string of the molecule is CCC1CC(NCc2ccccc2)CN(CC(=O)O)C1. The van der Waals surface area contributed by atoms with Gasteiger partial charge in [0.1, 0.15) is 0 Å². The van der Waals surface area contributed by atoms with Gasteiger partial charge in [0.05, 0.1) is 6.54 Å². The van der Waals surface area contributed by atoms with E-state index in [0.29, 0.717) is 12.0 Å². The lowest BCUT2D eigenvalue weighted by atomic mass is 9.92. The Labute approximate surface area is 120 Å². The Kier molecular flexibility index (Phi) is 5.56. The molecule has 20 heavy (non-hydrogen) atoms. The number of rotatable bonds is 6. The van der Waals surface area contributed by atoms with Crippen molar-refractivity contribution in [1.82, 2.24) is 10.2 Å². The van der Waals surface area contributed by atoms with E-state index in [9.17, 15) is 4.79 Å². The van der Waals surface area contributed by atoms with Crippen LogP contribution in [0.25, 0.3) is 0 Å². The lowest BCUT2D eigenvalue weighted by Crippen LogP contribution is -2.50. The topological polar surface area (TPSA) is 52.6 Å². The molecule has 4 nitrogen and oxygen atoms in total. The quantitative estimate of drug-likeness (QED) is 0.834. The highest BCUT2D eigenvalue weighted by Crippen LogP contribution is 2.20. The fourth-order valence-electron chi connectivity index (χ4n) is 2.92. The molecular weight excluding hydrogens is 252 g/mol. The predicted octanol–water partition coefficient (Wildman–Crippen LogP) is 1.96. The van der Waals surface area contributed by atoms with Crippen LogP contribution in [-0.4, -0.2) is 41.7 Å². The van der Waals surface area contributed by atoms with Crippen LogP contribution in [0.5, 0.6) is 0 Å². The second-order valence-electron chi connectivity index (χ2n) is 5.66. The molecular formula is C16H24N2O2. The van der Waals surface area contributed by atoms with Crippen molar-refractivity contribution in [2.24, 2.45) is 5.92 Å². The van der Waals surface area contributed by atoms with E-state index >= 15 is 0 Å². The van der Waals surface area contributed by atoms with Crippen LogP contribution in [0.4, 0.5) is 0 Å². The Morgan fingerprint density at radius 3 is 2.75 bits per heavy atom. The number of hydrogen-bond donors (Lipinski definition) is 2. The number of benzene rings is 1. The van der Waals surface area contributed by atoms with E-state index < -0.39 is 5.97 Å². The van der Waals surface area contributed by atoms with Gasteiger partial charge in [0.2, 0.25) is 0 Å². The number of aliphatic carboxylic acids is 1. The van der Waals surface area contributed by atoms with Crippen LogP contribution in [0.15, 0.2) is 30.3 Å². The first kappa shape index (κ1) is 15.0. The van der Waals surface area contributed by atoms with Gasteiger partial charge in [-0.3, -0.25) is 9.69 Å². The molecule has 2 N–H and O–H groups in total. The second kappa shape index (κ2) is 7.41. The third-order valence-electron chi connectivity index (χ3n) is 3.99. The van der Waals surface area contributed by atoms with Crippen molar-refractivity contribution in [3.63, 3.8) is 0 Å². The van der Waals surface area contributed by atoms with Gasteiger partial charge in [-0.25, -0.2) is 0 Å². The fraction of sp³-hybridized carbons (Fsp3) is 0.562. The molecule has 1 aliphatic rings. The van der Waals surface area contributed by atoms with Crippen LogP contribution in [-0.2, 0) is 11.3 Å². The molecule has 1 aromatic rings. The minimum Gasteiger partial charge on any atom is -0.480 e. The minimum absolute atomic E-state index is 0.153. The average Bonchev–Trinajstić information content (AvgIpc) is 2.45. The molecule has 0 saturated carbocycles. The van der Waals surface area contributed by atoms with E-state index in [1.165, 1.54) is 5.56 Å². The maximum Gasteiger partial charge on any atom is 0.317 e. The van der Waals surface area contributed by atoms with Gasteiger partial charge >= 0.3 is 5.97 Å². The van der Waals surface area contributed by atoms with Crippen molar-refractivity contribution in [2.45, 2.75) is 32.4 Å². The molecule has 110 valence electrons. The third-order valence-corrected chi connectivity index (χ3v) is 3.99. The summed E-state index contributed by atoms with van der Waals surface area (Å²) in [4.78, 5) is 12.9. The highest BCUT2D eigenvalue weighted by Gasteiger charge is 2.26. The fourth-order valence-corrected chi connectivity index (χ4v) is 2.92. The van der Waals surface area contributed by atoms with Crippen molar-refractivity contribution in [2.75, 3.05) is 19.6 Å². The van der Waals surface area contributed by atoms with E-state index in [2.05, 4.69) is 29.3 Å². The monoisotopic (exact) mass is 276 g/mol. The second-order valence-corrected chi connectivity index (χ2v) is 5.66. The van der Waals surface area contributed by atoms with Gasteiger partial charge in [-0.15, -0.1) is 0 Å². The van der Waals surface area contributed by atoms with Crippen molar-refractivity contribution in [1.29, 1.82) is 0 Å². The molecule has 0 bridgehead atoms. The molecule has 4 heteroatoms. The van der Waals surface area contributed by atoms with Crippen molar-refractivity contribution in [3.05, 3.63) is 35.9 Å². The molecule has 2 unspecified atom stereocenters. The lowest BCUT2D eigenvalue weighted by Gasteiger charge is -2.37. The van der Waals surface area contributed by atoms with Crippen molar-refractivity contribution >= 4 is 5.97 Å². The average molecular weight is 276 g/mol. The van der Waals surface area contributed by atoms with Crippen LogP contribution in [0.3, 0.4) is 0 Å². The molecule has 0 amide bonds. The van der Waals surface area contributed by atoms with Crippen LogP contribution in [0.2, 0.25) is 0 Å². The molecule has 0 spiro atoms. The number of nitrogens with one attached hydrogen (secondary N) is 1. The maximum atomic E-state index is 10.9. The summed E-state index contributed by atoms with van der Waals surface area (Å²) >= 11 is 0. The summed E-state index contributed by atoms with van der Waals surface area (Å²) in [5, 5.41) is 12.5. The Balaban J connectivity index is 1.87. The van der Waals surface area contributed by atoms with E-state index in [4.69, 9.17) is 5.11 Å². The largest absolute Gasteiger partial charge is 0.480 e. The lowest BCUT2D eigenvalue weighted by molar-refractivity contribution is -0.138. The van der Waals surface area contributed by atoms with E-state index in [0.717, 1.165) is 32.5 Å². The van der Waals surface area contributed by atoms with E-state index in [1.807, 2.05) is 18.2 Å². The zero-order valence-electron chi connectivity index (χ0n) is 12.1. The van der Waals surface area contributed by atoms with Gasteiger partial charge in [0.25, 0.3) is 0 Å². The first-order chi connectivity index (χ1) is 9.67. The van der Waals surface area contributed by atoms with E-state index in [-0.39, 0.29) is 6.54 Å². The molecule has 1 saturated heterocycles. The number of carboxylic acids is 1. The first-order valence-corrected chi connectivity index (χ1v) is 7.38. The Morgan fingerprint density at radius 2 is 2.10 bits per heavy atom. The summed E-state index contributed by atoms with van der Waals surface area (Å²) in [6.07, 6.45) is 2.25. The highest BCUT2D eigenvalue weighted by molar-refractivity contribution is 5.69. The van der Waals surface area contributed by atoms with Crippen LogP contribution in [0.1, 0.15) is 25.3 Å². The summed E-state index contributed by atoms with van der Waals surface area (Å²) in [5.41, 5.74) is 1.27. The van der Waals surface area contributed by atoms with Gasteiger partial charge < -0.3 is 10.4 Å². The van der Waals surface area contributed by atoms with Gasteiger partial charge in [-0.2, -0.15) is 0 Å². The summed E-state index contributed by atoms with van der Waals surface area (Å²) in [6, 6.07) is 10.7. The molecule has 0 aromatic heterocycles. The molecule has 1 heterocycles. The molecule has 0 aliphatic carbocycles. The normalized spacial score (nSPS) is 23.6. The zero-order valence-corrected chi connectivity index (χ0v) is 12.1. The highest BCUT2D eigenvalue weighted by atomic mass is 16.4. The minimum atomic E-state index is -0.733. The third kappa shape index (κ3) is 4.62. The number of nitrogens with zero attached hydrogens (tertiary/aromatic N) is 1. The molecule has 0 radical (unpaired) electrons. The molecule has 1 aliphatic heterocycles. The van der Waals surface area contributed by atoms with Gasteiger partial charge in [-0.1, -0.05) is 43.7 Å². The summed E-state index contributed by atoms with van der Waals surface area (Å²) in [7, 11) is 0. The number of piperidine rings is 1. The van der Waals surface area contributed by atoms with Gasteiger partial charge in [-0.05, 0) is 17.9 Å². The Bertz CT molecular complexity index is 422. The van der Waals surface area contributed by atoms with Crippen molar-refractivity contribution in [3.8, 4) is 0 Å². The first-order valence-electron chi connectivity index (χ1n) is 7.38. The van der Waals surface area contributed by atoms with Crippen LogP contribution >= 0.6 is 0 Å². The van der Waals surface area contributed by atoms with Crippen LogP contribution in [0, 0.1) is 5.92 Å². The zero-order chi connectivity index (χ0) is 14.4. The van der Waals surface area contributed by atoms with Crippen molar-refractivity contribution < 1.29 is 9.90 Å². The molecule has 1 fully saturated rings. The number of carbonyl (C=O) groups is 1. The standard InChI is InChI=1S/C16H24N2O2/c1-2-13-8-15(11-18(10-13)12-16(19)20)17-9-14-6-4-3-5-7-14/h3-7,13,15,17H,2,8-12H2,1H3,(H,19,20). The van der Waals surface area contributed by atoms with Gasteiger partial charge in [0.15, 0.2) is 0 Å². The van der Waals surface area contributed by atoms with Gasteiger partial charge in [0, 0.05) is 25.7 Å². The Morgan fingerprint density at radius 1 is 1.35 bits per heavy atom. The number of hydrogen-bond acceptors (Lipinski definition) is 3. The van der Waals surface area contributed by atoms with Crippen LogP contribution < -0.4 is 5.32 Å².